The van der Waals surface area contributed by atoms with E-state index in [0.717, 1.165) is 0 Å². The third-order valence-electron chi connectivity index (χ3n) is 3.99. The SMILES string of the molecule is FC(OC(C(F)(F)F)(C(F)(F)F)C(F)(F)F)=C(F)C(F)(F)OC(F)(F)C(F)=C(F)OC(C(F)(F)F)(C(F)(F)F)C(F)(F)F. The van der Waals surface area contributed by atoms with E-state index < -0.39 is 84.2 Å². The maximum atomic E-state index is 13.4. The van der Waals surface area contributed by atoms with Crippen LogP contribution in [0.15, 0.2) is 23.7 Å². The summed E-state index contributed by atoms with van der Waals surface area (Å²) < 4.78 is 338. The van der Waals surface area contributed by atoms with Crippen LogP contribution in [-0.2, 0) is 14.2 Å². The van der Waals surface area contributed by atoms with Gasteiger partial charge in [0, 0.05) is 0 Å². The minimum Gasteiger partial charge on any atom is -0.435 e. The number of hydrogen-bond donors (Lipinski definition) is 0. The van der Waals surface area contributed by atoms with Crippen molar-refractivity contribution in [1.82, 2.24) is 0 Å². The summed E-state index contributed by atoms with van der Waals surface area (Å²) in [7, 11) is 0. The smallest absolute Gasteiger partial charge is 0.435 e. The van der Waals surface area contributed by atoms with Gasteiger partial charge in [-0.2, -0.15) is 114 Å². The van der Waals surface area contributed by atoms with E-state index in [0.29, 0.717) is 0 Å². The van der Waals surface area contributed by atoms with Crippen molar-refractivity contribution in [3.63, 3.8) is 0 Å². The highest BCUT2D eigenvalue weighted by Gasteiger charge is 2.88. The first kappa shape index (κ1) is 40.2. The fourth-order valence-corrected chi connectivity index (χ4v) is 2.15. The second kappa shape index (κ2) is 11.0. The minimum absolute atomic E-state index is 1.47. The van der Waals surface area contributed by atoms with Crippen molar-refractivity contribution >= 4 is 0 Å². The molecule has 0 aliphatic rings. The highest BCUT2D eigenvalue weighted by atomic mass is 19.5. The summed E-state index contributed by atoms with van der Waals surface area (Å²) >= 11 is 0. The molecule has 0 rings (SSSR count). The number of rotatable bonds is 8. The van der Waals surface area contributed by atoms with Crippen LogP contribution in [-0.4, -0.2) is 60.5 Å². The van der Waals surface area contributed by atoms with Crippen molar-refractivity contribution in [2.75, 3.05) is 0 Å². The molecule has 0 radical (unpaired) electrons. The van der Waals surface area contributed by atoms with E-state index in [9.17, 15) is 114 Å². The van der Waals surface area contributed by atoms with Crippen LogP contribution < -0.4 is 0 Å². The van der Waals surface area contributed by atoms with Crippen LogP contribution in [0.25, 0.3) is 0 Å². The molecule has 43 heavy (non-hydrogen) atoms. The molecule has 0 unspecified atom stereocenters. The Hall–Kier alpha value is -2.78. The summed E-state index contributed by atoms with van der Waals surface area (Å²) in [5, 5.41) is 0. The van der Waals surface area contributed by atoms with Gasteiger partial charge in [0.1, 0.15) is 0 Å². The zero-order valence-corrected chi connectivity index (χ0v) is 18.1. The van der Waals surface area contributed by atoms with Crippen LogP contribution >= 0.6 is 0 Å². The summed E-state index contributed by atoms with van der Waals surface area (Å²) in [5.41, 5.74) is -16.0. The van der Waals surface area contributed by atoms with Crippen molar-refractivity contribution in [3.05, 3.63) is 23.7 Å². The molecule has 0 saturated carbocycles. The molecule has 0 atom stereocenters. The standard InChI is InChI=1S/C14F26O3/c15-1(3(17)41-7(9(23,24)25,10(26,27)28)11(29,30)31)5(19,20)43-6(21,22)2(16)4(18)42-8(12(32,33)34,13(35,36)37)14(38,39)40. The molecule has 0 N–H and O–H groups in total. The van der Waals surface area contributed by atoms with Gasteiger partial charge in [0.15, 0.2) is 0 Å². The monoisotopic (exact) mass is 710 g/mol. The lowest BCUT2D eigenvalue weighted by atomic mass is 10.0. The second-order valence-corrected chi connectivity index (χ2v) is 6.86. The first-order valence-electron chi connectivity index (χ1n) is 8.64. The molecule has 0 aromatic carbocycles. The molecule has 0 bridgehead atoms. The first-order chi connectivity index (χ1) is 18.3. The predicted octanol–water partition coefficient (Wildman–Crippen LogP) is 9.29. The molecule has 0 saturated heterocycles. The summed E-state index contributed by atoms with van der Waals surface area (Å²) in [5.74, 6) is -10.4. The van der Waals surface area contributed by atoms with Gasteiger partial charge in [0.2, 0.25) is 0 Å². The maximum absolute atomic E-state index is 13.4. The largest absolute Gasteiger partial charge is 0.447 e. The molecule has 29 heteroatoms. The van der Waals surface area contributed by atoms with Gasteiger partial charge in [0.05, 0.1) is 0 Å². The van der Waals surface area contributed by atoms with Gasteiger partial charge in [-0.3, -0.25) is 0 Å². The molecule has 0 fully saturated rings. The van der Waals surface area contributed by atoms with Gasteiger partial charge in [-0.05, 0) is 0 Å². The third-order valence-corrected chi connectivity index (χ3v) is 3.99. The topological polar surface area (TPSA) is 27.7 Å². The molecule has 0 aliphatic carbocycles. The van der Waals surface area contributed by atoms with E-state index in [-0.39, 0.29) is 0 Å². The summed E-state index contributed by atoms with van der Waals surface area (Å²) in [6.07, 6.45) is -63.4. The number of alkyl halides is 22. The van der Waals surface area contributed by atoms with E-state index in [4.69, 9.17) is 0 Å². The molecular formula is C14F26O3. The average Bonchev–Trinajstić information content (AvgIpc) is 2.67. The predicted molar refractivity (Wildman–Crippen MR) is 73.4 cm³/mol. The Labute approximate surface area is 214 Å². The van der Waals surface area contributed by atoms with Gasteiger partial charge < -0.3 is 9.47 Å². The van der Waals surface area contributed by atoms with Gasteiger partial charge in [-0.25, -0.2) is 4.74 Å². The molecule has 0 heterocycles. The highest BCUT2D eigenvalue weighted by Crippen LogP contribution is 2.58. The number of hydrogen-bond acceptors (Lipinski definition) is 3. The molecule has 0 aromatic heterocycles. The van der Waals surface area contributed by atoms with E-state index in [1.165, 1.54) is 4.74 Å². The lowest BCUT2D eigenvalue weighted by Crippen LogP contribution is -2.67. The van der Waals surface area contributed by atoms with Crippen LogP contribution in [0.2, 0.25) is 0 Å². The lowest BCUT2D eigenvalue weighted by molar-refractivity contribution is -0.454. The number of ether oxygens (including phenoxy) is 3. The van der Waals surface area contributed by atoms with Crippen molar-refractivity contribution in [2.24, 2.45) is 0 Å². The zero-order valence-electron chi connectivity index (χ0n) is 18.1. The fraction of sp³-hybridized carbons (Fsp3) is 0.714. The minimum atomic E-state index is -8.04. The van der Waals surface area contributed by atoms with Crippen molar-refractivity contribution < 1.29 is 128 Å². The Morgan fingerprint density at radius 3 is 0.605 bits per heavy atom. The Balaban J connectivity index is 6.99. The Kier molecular flexibility index (Phi) is 10.3. The molecule has 3 nitrogen and oxygen atoms in total. The number of halogens is 26. The summed E-state index contributed by atoms with van der Waals surface area (Å²) in [6.45, 7) is 0. The van der Waals surface area contributed by atoms with E-state index >= 15 is 0 Å². The zero-order chi connectivity index (χ0) is 35.4. The molecule has 256 valence electrons. The van der Waals surface area contributed by atoms with Crippen LogP contribution in [0.5, 0.6) is 0 Å². The van der Waals surface area contributed by atoms with Gasteiger partial charge >= 0.3 is 72.5 Å². The van der Waals surface area contributed by atoms with Crippen molar-refractivity contribution in [2.45, 2.75) is 60.5 Å². The van der Waals surface area contributed by atoms with Crippen LogP contribution in [0.1, 0.15) is 0 Å². The van der Waals surface area contributed by atoms with E-state index in [1.54, 1.807) is 9.47 Å². The van der Waals surface area contributed by atoms with Crippen LogP contribution in [0.3, 0.4) is 0 Å². The normalized spacial score (nSPS) is 17.0. The average molecular weight is 710 g/mol. The summed E-state index contributed by atoms with van der Waals surface area (Å²) in [6, 6.07) is -10.3. The van der Waals surface area contributed by atoms with Crippen LogP contribution in [0, 0.1) is 0 Å². The lowest BCUT2D eigenvalue weighted by Gasteiger charge is -2.37. The Morgan fingerprint density at radius 1 is 0.302 bits per heavy atom. The quantitative estimate of drug-likeness (QED) is 0.186. The Bertz CT molecular complexity index is 902. The second-order valence-electron chi connectivity index (χ2n) is 6.86. The summed E-state index contributed by atoms with van der Waals surface area (Å²) in [4.78, 5) is 0. The molecular weight excluding hydrogens is 710 g/mol. The van der Waals surface area contributed by atoms with Crippen molar-refractivity contribution in [3.8, 4) is 0 Å². The van der Waals surface area contributed by atoms with E-state index in [1.807, 2.05) is 0 Å². The molecule has 0 amide bonds. The van der Waals surface area contributed by atoms with E-state index in [2.05, 4.69) is 0 Å². The van der Waals surface area contributed by atoms with Gasteiger partial charge in [-0.15, -0.1) is 0 Å². The molecule has 0 spiro atoms. The maximum Gasteiger partial charge on any atom is 0.447 e. The van der Waals surface area contributed by atoms with Crippen LogP contribution in [0.4, 0.5) is 114 Å². The van der Waals surface area contributed by atoms with Crippen molar-refractivity contribution in [1.29, 1.82) is 0 Å². The molecule has 0 aromatic rings. The van der Waals surface area contributed by atoms with Gasteiger partial charge in [-0.1, -0.05) is 0 Å². The Morgan fingerprint density at radius 2 is 0.465 bits per heavy atom. The molecule has 0 aliphatic heterocycles. The fourth-order valence-electron chi connectivity index (χ4n) is 2.15. The first-order valence-corrected chi connectivity index (χ1v) is 8.64. The third kappa shape index (κ3) is 7.14. The highest BCUT2D eigenvalue weighted by molar-refractivity contribution is 5.12. The van der Waals surface area contributed by atoms with Gasteiger partial charge in [0.25, 0.3) is 11.7 Å².